The molecule has 0 fully saturated rings. The Labute approximate surface area is 200 Å². The van der Waals surface area contributed by atoms with Crippen LogP contribution in [0.25, 0.3) is 0 Å². The molecule has 13 heteroatoms. The van der Waals surface area contributed by atoms with Crippen LogP contribution in [0.15, 0.2) is 4.99 Å². The summed E-state index contributed by atoms with van der Waals surface area (Å²) < 4.78 is 0. The summed E-state index contributed by atoms with van der Waals surface area (Å²) >= 11 is 0. The SMILES string of the molecule is CCC(C)C(NC(=O)C(C)NC(=O)C(N)CCCN=C(N)N)C(=O)NC(CCCCN)C(=O)O. The second-order valence-electron chi connectivity index (χ2n) is 8.34. The van der Waals surface area contributed by atoms with Crippen LogP contribution in [-0.4, -0.2) is 72.0 Å². The van der Waals surface area contributed by atoms with E-state index in [9.17, 15) is 24.3 Å². The summed E-state index contributed by atoms with van der Waals surface area (Å²) in [6.07, 6.45) is 2.77. The first kappa shape index (κ1) is 31.1. The number of hydrogen-bond acceptors (Lipinski definition) is 7. The standard InChI is InChI=1S/C21H42N8O5/c1-4-12(2)16(19(32)28-15(20(33)34)9-5-6-10-22)29-17(30)13(3)27-18(31)14(23)8-7-11-26-21(24)25/h12-16H,4-11,22-23H2,1-3H3,(H,27,31)(H,28,32)(H,29,30)(H,33,34)(H4,24,25,26). The lowest BCUT2D eigenvalue weighted by atomic mass is 9.97. The molecule has 0 aliphatic rings. The number of nitrogens with one attached hydrogen (secondary N) is 3. The van der Waals surface area contributed by atoms with Gasteiger partial charge in [0.2, 0.25) is 17.7 Å². The minimum absolute atomic E-state index is 0.0477. The van der Waals surface area contributed by atoms with Crippen LogP contribution < -0.4 is 38.9 Å². The highest BCUT2D eigenvalue weighted by Crippen LogP contribution is 2.10. The molecule has 0 radical (unpaired) electrons. The molecule has 34 heavy (non-hydrogen) atoms. The van der Waals surface area contributed by atoms with Gasteiger partial charge in [0.25, 0.3) is 0 Å². The summed E-state index contributed by atoms with van der Waals surface area (Å²) in [5.41, 5.74) is 21.8. The van der Waals surface area contributed by atoms with Crippen molar-refractivity contribution in [3.8, 4) is 0 Å². The fourth-order valence-corrected chi connectivity index (χ4v) is 3.03. The van der Waals surface area contributed by atoms with Crippen LogP contribution in [0.5, 0.6) is 0 Å². The molecule has 0 aliphatic carbocycles. The molecule has 0 aromatic carbocycles. The second-order valence-corrected chi connectivity index (χ2v) is 8.34. The molecule has 196 valence electrons. The number of guanidine groups is 1. The minimum atomic E-state index is -1.16. The van der Waals surface area contributed by atoms with Gasteiger partial charge in [-0.15, -0.1) is 0 Å². The molecule has 0 spiro atoms. The molecular weight excluding hydrogens is 444 g/mol. The smallest absolute Gasteiger partial charge is 0.326 e. The monoisotopic (exact) mass is 486 g/mol. The third kappa shape index (κ3) is 12.3. The highest BCUT2D eigenvalue weighted by atomic mass is 16.4. The van der Waals surface area contributed by atoms with E-state index in [-0.39, 0.29) is 18.3 Å². The molecule has 0 aromatic rings. The van der Waals surface area contributed by atoms with E-state index in [4.69, 9.17) is 22.9 Å². The molecule has 13 nitrogen and oxygen atoms in total. The summed E-state index contributed by atoms with van der Waals surface area (Å²) in [7, 11) is 0. The predicted molar refractivity (Wildman–Crippen MR) is 129 cm³/mol. The van der Waals surface area contributed by atoms with Crippen molar-refractivity contribution in [3.05, 3.63) is 0 Å². The summed E-state index contributed by atoms with van der Waals surface area (Å²) in [6, 6.07) is -3.88. The van der Waals surface area contributed by atoms with Gasteiger partial charge in [-0.1, -0.05) is 20.3 Å². The van der Waals surface area contributed by atoms with Crippen LogP contribution in [0.4, 0.5) is 0 Å². The van der Waals surface area contributed by atoms with Crippen LogP contribution in [0.1, 0.15) is 59.3 Å². The normalized spacial score (nSPS) is 15.2. The Hall–Kier alpha value is -2.93. The molecule has 0 saturated carbocycles. The Kier molecular flexibility index (Phi) is 15.2. The van der Waals surface area contributed by atoms with Crippen LogP contribution in [0.2, 0.25) is 0 Å². The van der Waals surface area contributed by atoms with Gasteiger partial charge in [0, 0.05) is 6.54 Å². The number of hydrogen-bond donors (Lipinski definition) is 8. The third-order valence-electron chi connectivity index (χ3n) is 5.41. The van der Waals surface area contributed by atoms with Gasteiger partial charge < -0.3 is 44.0 Å². The van der Waals surface area contributed by atoms with E-state index in [1.165, 1.54) is 6.92 Å². The molecule has 5 unspecified atom stereocenters. The number of aliphatic imine (C=N–C) groups is 1. The molecule has 0 bridgehead atoms. The highest BCUT2D eigenvalue weighted by molar-refractivity contribution is 5.94. The van der Waals surface area contributed by atoms with Crippen LogP contribution in [-0.2, 0) is 19.2 Å². The van der Waals surface area contributed by atoms with Crippen molar-refractivity contribution in [2.24, 2.45) is 33.8 Å². The topological polar surface area (TPSA) is 241 Å². The molecule has 0 aliphatic heterocycles. The van der Waals surface area contributed by atoms with E-state index in [0.717, 1.165) is 0 Å². The maximum atomic E-state index is 12.8. The first-order valence-corrected chi connectivity index (χ1v) is 11.6. The number of carboxylic acid groups (broad SMARTS) is 1. The van der Waals surface area contributed by atoms with Crippen molar-refractivity contribution in [1.29, 1.82) is 0 Å². The van der Waals surface area contributed by atoms with Crippen molar-refractivity contribution in [2.75, 3.05) is 13.1 Å². The summed E-state index contributed by atoms with van der Waals surface area (Å²) in [5.74, 6) is -3.19. The van der Waals surface area contributed by atoms with E-state index in [2.05, 4.69) is 20.9 Å². The lowest BCUT2D eigenvalue weighted by molar-refractivity contribution is -0.143. The summed E-state index contributed by atoms with van der Waals surface area (Å²) in [4.78, 5) is 53.1. The first-order chi connectivity index (χ1) is 15.9. The Morgan fingerprint density at radius 2 is 1.56 bits per heavy atom. The van der Waals surface area contributed by atoms with Gasteiger partial charge in [-0.05, 0) is 51.5 Å². The van der Waals surface area contributed by atoms with Crippen LogP contribution >= 0.6 is 0 Å². The maximum Gasteiger partial charge on any atom is 0.326 e. The summed E-state index contributed by atoms with van der Waals surface area (Å²) in [5, 5.41) is 17.1. The van der Waals surface area contributed by atoms with Gasteiger partial charge in [-0.25, -0.2) is 4.79 Å². The average molecular weight is 487 g/mol. The number of nitrogens with zero attached hydrogens (tertiary/aromatic N) is 1. The molecule has 0 rings (SSSR count). The zero-order chi connectivity index (χ0) is 26.3. The molecule has 0 saturated heterocycles. The molecule has 3 amide bonds. The number of amides is 3. The van der Waals surface area contributed by atoms with Crippen molar-refractivity contribution in [3.63, 3.8) is 0 Å². The van der Waals surface area contributed by atoms with E-state index in [0.29, 0.717) is 45.2 Å². The fraction of sp³-hybridized carbons (Fsp3) is 0.762. The Morgan fingerprint density at radius 3 is 2.09 bits per heavy atom. The van der Waals surface area contributed by atoms with Crippen LogP contribution in [0, 0.1) is 5.92 Å². The highest BCUT2D eigenvalue weighted by Gasteiger charge is 2.31. The van der Waals surface area contributed by atoms with Gasteiger partial charge >= 0.3 is 5.97 Å². The Morgan fingerprint density at radius 1 is 0.912 bits per heavy atom. The Balaban J connectivity index is 5.00. The van der Waals surface area contributed by atoms with Crippen molar-refractivity contribution >= 4 is 29.7 Å². The van der Waals surface area contributed by atoms with Gasteiger partial charge in [-0.2, -0.15) is 0 Å². The zero-order valence-corrected chi connectivity index (χ0v) is 20.4. The number of rotatable bonds is 17. The van der Waals surface area contributed by atoms with Crippen molar-refractivity contribution in [2.45, 2.75) is 83.5 Å². The predicted octanol–water partition coefficient (Wildman–Crippen LogP) is -1.90. The summed E-state index contributed by atoms with van der Waals surface area (Å²) in [6.45, 7) is 5.84. The van der Waals surface area contributed by atoms with Gasteiger partial charge in [0.1, 0.15) is 18.1 Å². The lowest BCUT2D eigenvalue weighted by Gasteiger charge is -2.27. The Bertz CT molecular complexity index is 699. The zero-order valence-electron chi connectivity index (χ0n) is 20.4. The number of nitrogens with two attached hydrogens (primary N) is 4. The second kappa shape index (κ2) is 16.6. The maximum absolute atomic E-state index is 12.8. The van der Waals surface area contributed by atoms with Crippen molar-refractivity contribution < 1.29 is 24.3 Å². The number of unbranched alkanes of at least 4 members (excludes halogenated alkanes) is 1. The fourth-order valence-electron chi connectivity index (χ4n) is 3.03. The number of aliphatic carboxylic acids is 1. The number of carboxylic acids is 1. The van der Waals surface area contributed by atoms with Crippen LogP contribution in [0.3, 0.4) is 0 Å². The first-order valence-electron chi connectivity index (χ1n) is 11.6. The molecular formula is C21H42N8O5. The lowest BCUT2D eigenvalue weighted by Crippen LogP contribution is -2.58. The third-order valence-corrected chi connectivity index (χ3v) is 5.41. The van der Waals surface area contributed by atoms with Gasteiger partial charge in [-0.3, -0.25) is 19.4 Å². The van der Waals surface area contributed by atoms with E-state index < -0.39 is 47.9 Å². The molecule has 0 heterocycles. The van der Waals surface area contributed by atoms with Gasteiger partial charge in [0.05, 0.1) is 6.04 Å². The minimum Gasteiger partial charge on any atom is -0.480 e. The van der Waals surface area contributed by atoms with E-state index in [1.807, 2.05) is 6.92 Å². The average Bonchev–Trinajstić information content (AvgIpc) is 2.78. The van der Waals surface area contributed by atoms with Gasteiger partial charge in [0.15, 0.2) is 5.96 Å². The number of carbonyl (C=O) groups is 4. The molecule has 0 aromatic heterocycles. The quantitative estimate of drug-likeness (QED) is 0.0649. The largest absolute Gasteiger partial charge is 0.480 e. The molecule has 12 N–H and O–H groups in total. The number of carbonyl (C=O) groups excluding carboxylic acids is 3. The molecule has 5 atom stereocenters. The van der Waals surface area contributed by atoms with E-state index >= 15 is 0 Å². The van der Waals surface area contributed by atoms with Crippen molar-refractivity contribution in [1.82, 2.24) is 16.0 Å². The van der Waals surface area contributed by atoms with E-state index in [1.54, 1.807) is 6.92 Å².